The fraction of sp³-hybridized carbons (Fsp3) is 0.500. The summed E-state index contributed by atoms with van der Waals surface area (Å²) in [7, 11) is 0. The number of halogens is 1. The van der Waals surface area contributed by atoms with Crippen LogP contribution in [-0.2, 0) is 10.2 Å². The second kappa shape index (κ2) is 2.80. The Morgan fingerprint density at radius 1 is 1.43 bits per heavy atom. The van der Waals surface area contributed by atoms with E-state index < -0.39 is 0 Å². The average Bonchev–Trinajstić information content (AvgIpc) is 2.78. The first kappa shape index (κ1) is 8.42. The lowest BCUT2D eigenvalue weighted by Crippen LogP contribution is -2.25. The lowest BCUT2D eigenvalue weighted by Gasteiger charge is -2.25. The van der Waals surface area contributed by atoms with Gasteiger partial charge in [-0.1, -0.05) is 12.1 Å². The van der Waals surface area contributed by atoms with E-state index in [1.165, 1.54) is 6.07 Å². The van der Waals surface area contributed by atoms with Crippen molar-refractivity contribution in [3.05, 3.63) is 35.6 Å². The van der Waals surface area contributed by atoms with Crippen molar-refractivity contribution in [3.63, 3.8) is 0 Å². The Morgan fingerprint density at radius 3 is 2.93 bits per heavy atom. The van der Waals surface area contributed by atoms with Gasteiger partial charge in [-0.25, -0.2) is 4.39 Å². The molecule has 0 N–H and O–H groups in total. The van der Waals surface area contributed by atoms with Gasteiger partial charge in [0.05, 0.1) is 12.7 Å². The topological polar surface area (TPSA) is 9.23 Å². The largest absolute Gasteiger partial charge is 0.377 e. The molecule has 0 amide bonds. The molecule has 3 rings (SSSR count). The summed E-state index contributed by atoms with van der Waals surface area (Å²) in [5.74, 6) is -0.132. The maximum Gasteiger partial charge on any atom is 0.123 e. The van der Waals surface area contributed by atoms with Crippen LogP contribution in [0, 0.1) is 5.82 Å². The van der Waals surface area contributed by atoms with E-state index in [1.807, 2.05) is 6.07 Å². The first-order chi connectivity index (χ1) is 6.78. The molecular weight excluding hydrogens is 179 g/mol. The Bertz CT molecular complexity index is 353. The number of hydrogen-bond donors (Lipinski definition) is 0. The SMILES string of the molecule is Fc1cccc(C23CCC(C2)OC3)c1. The molecule has 0 radical (unpaired) electrons. The number of fused-ring (bicyclic) bond motifs is 2. The van der Waals surface area contributed by atoms with E-state index in [1.54, 1.807) is 12.1 Å². The molecule has 1 aromatic carbocycles. The van der Waals surface area contributed by atoms with Crippen LogP contribution in [0.2, 0.25) is 0 Å². The van der Waals surface area contributed by atoms with Gasteiger partial charge in [-0.3, -0.25) is 0 Å². The van der Waals surface area contributed by atoms with Crippen LogP contribution in [0.1, 0.15) is 24.8 Å². The average molecular weight is 192 g/mol. The smallest absolute Gasteiger partial charge is 0.123 e. The third-order valence-electron chi connectivity index (χ3n) is 3.60. The molecule has 2 unspecified atom stereocenters. The second-order valence-corrected chi connectivity index (χ2v) is 4.47. The molecule has 1 aromatic rings. The molecule has 1 saturated carbocycles. The molecule has 1 heterocycles. The predicted molar refractivity (Wildman–Crippen MR) is 51.7 cm³/mol. The van der Waals surface area contributed by atoms with Gasteiger partial charge < -0.3 is 4.74 Å². The van der Waals surface area contributed by atoms with Gasteiger partial charge in [0.2, 0.25) is 0 Å². The first-order valence-electron chi connectivity index (χ1n) is 5.16. The fourth-order valence-corrected chi connectivity index (χ4v) is 2.79. The van der Waals surface area contributed by atoms with Crippen molar-refractivity contribution in [2.24, 2.45) is 0 Å². The maximum absolute atomic E-state index is 13.1. The van der Waals surface area contributed by atoms with Gasteiger partial charge >= 0.3 is 0 Å². The van der Waals surface area contributed by atoms with E-state index >= 15 is 0 Å². The van der Waals surface area contributed by atoms with Gasteiger partial charge in [-0.05, 0) is 37.0 Å². The summed E-state index contributed by atoms with van der Waals surface area (Å²) in [5.41, 5.74) is 1.25. The van der Waals surface area contributed by atoms with Gasteiger partial charge in [0.1, 0.15) is 5.82 Å². The Balaban J connectivity index is 2.02. The van der Waals surface area contributed by atoms with Crippen LogP contribution in [0.4, 0.5) is 4.39 Å². The summed E-state index contributed by atoms with van der Waals surface area (Å²) in [5, 5.41) is 0. The van der Waals surface area contributed by atoms with Crippen LogP contribution in [-0.4, -0.2) is 12.7 Å². The highest BCUT2D eigenvalue weighted by molar-refractivity contribution is 5.29. The fourth-order valence-electron chi connectivity index (χ4n) is 2.79. The quantitative estimate of drug-likeness (QED) is 0.664. The van der Waals surface area contributed by atoms with Crippen LogP contribution in [0.15, 0.2) is 24.3 Å². The zero-order valence-corrected chi connectivity index (χ0v) is 8.00. The lowest BCUT2D eigenvalue weighted by atomic mass is 9.80. The number of benzene rings is 1. The molecule has 0 spiro atoms. The Morgan fingerprint density at radius 2 is 2.36 bits per heavy atom. The third-order valence-corrected chi connectivity index (χ3v) is 3.60. The third kappa shape index (κ3) is 1.10. The molecular formula is C12H13FO. The van der Waals surface area contributed by atoms with E-state index in [0.29, 0.717) is 6.10 Å². The second-order valence-electron chi connectivity index (χ2n) is 4.47. The van der Waals surface area contributed by atoms with Crippen molar-refractivity contribution < 1.29 is 9.13 Å². The van der Waals surface area contributed by atoms with Gasteiger partial charge in [0, 0.05) is 5.41 Å². The Kier molecular flexibility index (Phi) is 1.68. The summed E-state index contributed by atoms with van der Waals surface area (Å²) in [6, 6.07) is 6.99. The van der Waals surface area contributed by atoms with Crippen molar-refractivity contribution in [3.8, 4) is 0 Å². The van der Waals surface area contributed by atoms with E-state index in [-0.39, 0.29) is 11.2 Å². The van der Waals surface area contributed by atoms with Crippen LogP contribution in [0.5, 0.6) is 0 Å². The molecule has 2 bridgehead atoms. The van der Waals surface area contributed by atoms with Crippen molar-refractivity contribution >= 4 is 0 Å². The standard InChI is InChI=1S/C12H13FO/c13-10-3-1-2-9(6-10)12-5-4-11(7-12)14-8-12/h1-3,6,11H,4-5,7-8H2. The van der Waals surface area contributed by atoms with Crippen LogP contribution < -0.4 is 0 Å². The maximum atomic E-state index is 13.1. The molecule has 74 valence electrons. The van der Waals surface area contributed by atoms with Crippen molar-refractivity contribution in [2.75, 3.05) is 6.61 Å². The predicted octanol–water partition coefficient (Wildman–Crippen LogP) is 2.65. The highest BCUT2D eigenvalue weighted by atomic mass is 19.1. The number of rotatable bonds is 1. The first-order valence-corrected chi connectivity index (χ1v) is 5.16. The van der Waals surface area contributed by atoms with Crippen molar-refractivity contribution in [2.45, 2.75) is 30.8 Å². The molecule has 0 aromatic heterocycles. The van der Waals surface area contributed by atoms with Crippen molar-refractivity contribution in [1.29, 1.82) is 0 Å². The molecule has 2 atom stereocenters. The summed E-state index contributed by atoms with van der Waals surface area (Å²) in [4.78, 5) is 0. The highest BCUT2D eigenvalue weighted by Gasteiger charge is 2.47. The molecule has 1 nitrogen and oxygen atoms in total. The highest BCUT2D eigenvalue weighted by Crippen LogP contribution is 2.47. The molecule has 2 fully saturated rings. The molecule has 1 aliphatic heterocycles. The minimum absolute atomic E-state index is 0.132. The number of ether oxygens (including phenoxy) is 1. The zero-order chi connectivity index (χ0) is 9.60. The molecule has 1 saturated heterocycles. The normalized spacial score (nSPS) is 35.1. The zero-order valence-electron chi connectivity index (χ0n) is 8.00. The minimum atomic E-state index is -0.132. The summed E-state index contributed by atoms with van der Waals surface area (Å²) < 4.78 is 18.7. The summed E-state index contributed by atoms with van der Waals surface area (Å²) >= 11 is 0. The van der Waals surface area contributed by atoms with Gasteiger partial charge in [-0.2, -0.15) is 0 Å². The molecule has 2 aliphatic rings. The Labute approximate surface area is 82.9 Å². The van der Waals surface area contributed by atoms with E-state index in [0.717, 1.165) is 31.4 Å². The summed E-state index contributed by atoms with van der Waals surface area (Å²) in [6.45, 7) is 0.779. The minimum Gasteiger partial charge on any atom is -0.377 e. The van der Waals surface area contributed by atoms with Crippen LogP contribution >= 0.6 is 0 Å². The molecule has 1 aliphatic carbocycles. The van der Waals surface area contributed by atoms with Gasteiger partial charge in [0.15, 0.2) is 0 Å². The van der Waals surface area contributed by atoms with E-state index in [4.69, 9.17) is 4.74 Å². The van der Waals surface area contributed by atoms with E-state index in [2.05, 4.69) is 0 Å². The molecule has 2 heteroatoms. The number of hydrogen-bond acceptors (Lipinski definition) is 1. The van der Waals surface area contributed by atoms with Gasteiger partial charge in [0.25, 0.3) is 0 Å². The monoisotopic (exact) mass is 192 g/mol. The van der Waals surface area contributed by atoms with Crippen molar-refractivity contribution in [1.82, 2.24) is 0 Å². The lowest BCUT2D eigenvalue weighted by molar-refractivity contribution is 0.0698. The van der Waals surface area contributed by atoms with Gasteiger partial charge in [-0.15, -0.1) is 0 Å². The molecule has 14 heavy (non-hydrogen) atoms. The van der Waals surface area contributed by atoms with Crippen LogP contribution in [0.3, 0.4) is 0 Å². The van der Waals surface area contributed by atoms with Crippen LogP contribution in [0.25, 0.3) is 0 Å². The summed E-state index contributed by atoms with van der Waals surface area (Å²) in [6.07, 6.45) is 3.80. The Hall–Kier alpha value is -0.890. The van der Waals surface area contributed by atoms with E-state index in [9.17, 15) is 4.39 Å².